The molecule has 0 bridgehead atoms. The van der Waals surface area contributed by atoms with E-state index in [1.807, 2.05) is 61.5 Å². The van der Waals surface area contributed by atoms with E-state index >= 15 is 0 Å². The Bertz CT molecular complexity index is 855. The van der Waals surface area contributed by atoms with Gasteiger partial charge in [0, 0.05) is 19.0 Å². The van der Waals surface area contributed by atoms with Crippen molar-refractivity contribution in [2.24, 2.45) is 0 Å². The van der Waals surface area contributed by atoms with Crippen molar-refractivity contribution in [3.05, 3.63) is 65.9 Å². The summed E-state index contributed by atoms with van der Waals surface area (Å²) in [6.45, 7) is 2.49. The molecule has 0 saturated heterocycles. The molecule has 0 aliphatic heterocycles. The number of rotatable bonds is 6. The first kappa shape index (κ1) is 17.9. The number of furan rings is 1. The first-order valence-electron chi connectivity index (χ1n) is 8.71. The predicted octanol–water partition coefficient (Wildman–Crippen LogP) is 4.39. The van der Waals surface area contributed by atoms with E-state index < -0.39 is 0 Å². The minimum absolute atomic E-state index is 0.132. The van der Waals surface area contributed by atoms with Crippen molar-refractivity contribution in [1.29, 1.82) is 0 Å². The summed E-state index contributed by atoms with van der Waals surface area (Å²) in [6, 6.07) is 17.4. The number of fused-ring (bicyclic) bond motifs is 1. The number of nitrogens with one attached hydrogen (secondary N) is 1. The fourth-order valence-electron chi connectivity index (χ4n) is 2.91. The Labute approximate surface area is 153 Å². The summed E-state index contributed by atoms with van der Waals surface area (Å²) in [5, 5.41) is 4.00. The summed E-state index contributed by atoms with van der Waals surface area (Å²) < 4.78 is 11.2. The van der Waals surface area contributed by atoms with Gasteiger partial charge in [0.15, 0.2) is 0 Å². The molecule has 1 N–H and O–H groups in total. The van der Waals surface area contributed by atoms with Crippen LogP contribution in [0.2, 0.25) is 0 Å². The van der Waals surface area contributed by atoms with E-state index in [9.17, 15) is 4.79 Å². The minimum Gasteiger partial charge on any atom is -0.496 e. The molecule has 5 nitrogen and oxygen atoms in total. The highest BCUT2D eigenvalue weighted by molar-refractivity contribution is 5.78. The van der Waals surface area contributed by atoms with Crippen LogP contribution in [0.25, 0.3) is 11.0 Å². The highest BCUT2D eigenvalue weighted by Gasteiger charge is 2.20. The van der Waals surface area contributed by atoms with Crippen molar-refractivity contribution >= 4 is 17.0 Å². The van der Waals surface area contributed by atoms with Crippen LogP contribution in [0.15, 0.2) is 59.0 Å². The van der Waals surface area contributed by atoms with Crippen LogP contribution in [0.3, 0.4) is 0 Å². The third-order valence-corrected chi connectivity index (χ3v) is 4.62. The SMILES string of the molecule is COc1ccccc1CCNC(=O)N(C)[C@@H](C)c1cc2ccccc2o1. The maximum absolute atomic E-state index is 12.5. The maximum atomic E-state index is 12.5. The average molecular weight is 352 g/mol. The molecule has 3 rings (SSSR count). The van der Waals surface area contributed by atoms with Crippen molar-refractivity contribution in [3.63, 3.8) is 0 Å². The van der Waals surface area contributed by atoms with Gasteiger partial charge in [-0.2, -0.15) is 0 Å². The Morgan fingerprint density at radius 2 is 1.92 bits per heavy atom. The fraction of sp³-hybridized carbons (Fsp3) is 0.286. The lowest BCUT2D eigenvalue weighted by atomic mass is 10.1. The molecule has 0 saturated carbocycles. The number of benzene rings is 2. The van der Waals surface area contributed by atoms with E-state index in [4.69, 9.17) is 9.15 Å². The predicted molar refractivity (Wildman–Crippen MR) is 102 cm³/mol. The van der Waals surface area contributed by atoms with Gasteiger partial charge in [-0.05, 0) is 37.1 Å². The van der Waals surface area contributed by atoms with Crippen LogP contribution in [0, 0.1) is 0 Å². The molecule has 1 aromatic heterocycles. The topological polar surface area (TPSA) is 54.7 Å². The van der Waals surface area contributed by atoms with E-state index in [0.29, 0.717) is 13.0 Å². The van der Waals surface area contributed by atoms with Crippen molar-refractivity contribution in [2.75, 3.05) is 20.7 Å². The van der Waals surface area contributed by atoms with Crippen molar-refractivity contribution in [3.8, 4) is 5.75 Å². The molecule has 2 aromatic carbocycles. The minimum atomic E-state index is -0.159. The molecule has 136 valence electrons. The van der Waals surface area contributed by atoms with E-state index in [1.165, 1.54) is 0 Å². The molecule has 1 heterocycles. The van der Waals surface area contributed by atoms with Gasteiger partial charge >= 0.3 is 6.03 Å². The molecule has 0 spiro atoms. The molecular weight excluding hydrogens is 328 g/mol. The number of para-hydroxylation sites is 2. The maximum Gasteiger partial charge on any atom is 0.317 e. The van der Waals surface area contributed by atoms with E-state index in [1.54, 1.807) is 19.1 Å². The number of hydrogen-bond acceptors (Lipinski definition) is 3. The first-order chi connectivity index (χ1) is 12.6. The average Bonchev–Trinajstić information content (AvgIpc) is 3.11. The number of methoxy groups -OCH3 is 1. The van der Waals surface area contributed by atoms with Crippen molar-refractivity contribution in [1.82, 2.24) is 10.2 Å². The number of hydrogen-bond donors (Lipinski definition) is 1. The standard InChI is InChI=1S/C21H24N2O3/c1-15(20-14-17-9-5-7-11-19(17)26-20)23(2)21(24)22-13-12-16-8-4-6-10-18(16)25-3/h4-11,14-15H,12-13H2,1-3H3,(H,22,24)/t15-/m0/s1. The molecule has 5 heteroatoms. The summed E-state index contributed by atoms with van der Waals surface area (Å²) in [5.74, 6) is 1.61. The Balaban J connectivity index is 1.58. The Kier molecular flexibility index (Phi) is 5.46. The van der Waals surface area contributed by atoms with Gasteiger partial charge in [0.25, 0.3) is 0 Å². The van der Waals surface area contributed by atoms with Crippen LogP contribution in [0.4, 0.5) is 4.79 Å². The number of amides is 2. The van der Waals surface area contributed by atoms with Crippen LogP contribution in [-0.4, -0.2) is 31.6 Å². The van der Waals surface area contributed by atoms with Gasteiger partial charge in [0.2, 0.25) is 0 Å². The van der Waals surface area contributed by atoms with Gasteiger partial charge in [0.05, 0.1) is 13.2 Å². The third-order valence-electron chi connectivity index (χ3n) is 4.62. The van der Waals surface area contributed by atoms with Crippen LogP contribution in [0.5, 0.6) is 5.75 Å². The number of urea groups is 1. The Morgan fingerprint density at radius 1 is 1.19 bits per heavy atom. The lowest BCUT2D eigenvalue weighted by Gasteiger charge is -2.23. The first-order valence-corrected chi connectivity index (χ1v) is 8.71. The van der Waals surface area contributed by atoms with Gasteiger partial charge in [-0.1, -0.05) is 36.4 Å². The van der Waals surface area contributed by atoms with Gasteiger partial charge in [-0.15, -0.1) is 0 Å². The van der Waals surface area contributed by atoms with Crippen LogP contribution in [-0.2, 0) is 6.42 Å². The summed E-state index contributed by atoms with van der Waals surface area (Å²) in [5.41, 5.74) is 1.91. The van der Waals surface area contributed by atoms with Gasteiger partial charge in [0.1, 0.15) is 17.1 Å². The lowest BCUT2D eigenvalue weighted by molar-refractivity contribution is 0.188. The highest BCUT2D eigenvalue weighted by Crippen LogP contribution is 2.26. The smallest absolute Gasteiger partial charge is 0.317 e. The van der Waals surface area contributed by atoms with Crippen LogP contribution < -0.4 is 10.1 Å². The van der Waals surface area contributed by atoms with E-state index in [2.05, 4.69) is 5.32 Å². The second-order valence-corrected chi connectivity index (χ2v) is 6.27. The Morgan fingerprint density at radius 3 is 2.69 bits per heavy atom. The second-order valence-electron chi connectivity index (χ2n) is 6.27. The van der Waals surface area contributed by atoms with E-state index in [0.717, 1.165) is 28.0 Å². The van der Waals surface area contributed by atoms with Gasteiger partial charge in [-0.3, -0.25) is 0 Å². The van der Waals surface area contributed by atoms with E-state index in [-0.39, 0.29) is 12.1 Å². The number of carbonyl (C=O) groups is 1. The zero-order valence-electron chi connectivity index (χ0n) is 15.4. The van der Waals surface area contributed by atoms with Crippen LogP contribution in [0.1, 0.15) is 24.3 Å². The normalized spacial score (nSPS) is 12.0. The quantitative estimate of drug-likeness (QED) is 0.716. The molecular formula is C21H24N2O3. The zero-order valence-corrected chi connectivity index (χ0v) is 15.4. The Hall–Kier alpha value is -2.95. The number of carbonyl (C=O) groups excluding carboxylic acids is 1. The van der Waals surface area contributed by atoms with Crippen LogP contribution >= 0.6 is 0 Å². The molecule has 1 atom stereocenters. The largest absolute Gasteiger partial charge is 0.496 e. The molecule has 0 aliphatic rings. The monoisotopic (exact) mass is 352 g/mol. The molecule has 0 aliphatic carbocycles. The molecule has 0 unspecified atom stereocenters. The highest BCUT2D eigenvalue weighted by atomic mass is 16.5. The number of ether oxygens (including phenoxy) is 1. The molecule has 26 heavy (non-hydrogen) atoms. The summed E-state index contributed by atoms with van der Waals surface area (Å²) in [7, 11) is 3.43. The lowest BCUT2D eigenvalue weighted by Crippen LogP contribution is -2.39. The zero-order chi connectivity index (χ0) is 18.5. The number of nitrogens with zero attached hydrogens (tertiary/aromatic N) is 1. The fourth-order valence-corrected chi connectivity index (χ4v) is 2.91. The molecule has 0 radical (unpaired) electrons. The van der Waals surface area contributed by atoms with Gasteiger partial charge < -0.3 is 19.4 Å². The van der Waals surface area contributed by atoms with Crippen molar-refractivity contribution < 1.29 is 13.9 Å². The molecule has 2 amide bonds. The third kappa shape index (κ3) is 3.82. The molecule has 0 fully saturated rings. The summed E-state index contributed by atoms with van der Waals surface area (Å²) in [4.78, 5) is 14.1. The molecule has 3 aromatic rings. The summed E-state index contributed by atoms with van der Waals surface area (Å²) in [6.07, 6.45) is 0.711. The van der Waals surface area contributed by atoms with Gasteiger partial charge in [-0.25, -0.2) is 4.79 Å². The van der Waals surface area contributed by atoms with Crippen molar-refractivity contribution in [2.45, 2.75) is 19.4 Å². The second kappa shape index (κ2) is 7.95. The summed E-state index contributed by atoms with van der Waals surface area (Å²) >= 11 is 0.